The van der Waals surface area contributed by atoms with E-state index in [0.717, 1.165) is 0 Å². The highest BCUT2D eigenvalue weighted by Gasteiger charge is 1.77. The maximum absolute atomic E-state index is 3.21. The standard InChI is InChI=1S/C9H11/c1-7-4-8(2)6-9(3)5-7/h4-5H,1-3H3/q-1. The maximum atomic E-state index is 3.21. The molecule has 0 aliphatic carbocycles. The zero-order valence-electron chi connectivity index (χ0n) is 6.15. The van der Waals surface area contributed by atoms with Crippen molar-refractivity contribution in [3.05, 3.63) is 34.9 Å². The summed E-state index contributed by atoms with van der Waals surface area (Å²) in [5, 5.41) is 0. The van der Waals surface area contributed by atoms with Crippen LogP contribution in [0.3, 0.4) is 0 Å². The first kappa shape index (κ1) is 6.34. The molecular formula is C9H11-. The molecule has 0 amide bonds. The summed E-state index contributed by atoms with van der Waals surface area (Å²) in [6.07, 6.45) is 0. The fraction of sp³-hybridized carbons (Fsp3) is 0.333. The molecule has 1 rings (SSSR count). The lowest BCUT2D eigenvalue weighted by molar-refractivity contribution is 1.31. The van der Waals surface area contributed by atoms with Crippen molar-refractivity contribution in [3.63, 3.8) is 0 Å². The van der Waals surface area contributed by atoms with Crippen molar-refractivity contribution >= 4 is 0 Å². The van der Waals surface area contributed by atoms with Crippen LogP contribution in [0.2, 0.25) is 0 Å². The van der Waals surface area contributed by atoms with Crippen LogP contribution in [0.5, 0.6) is 0 Å². The van der Waals surface area contributed by atoms with Gasteiger partial charge in [-0.05, 0) is 0 Å². The predicted molar refractivity (Wildman–Crippen MR) is 39.5 cm³/mol. The average Bonchev–Trinajstić information content (AvgIpc) is 1.59. The van der Waals surface area contributed by atoms with E-state index in [2.05, 4.69) is 39.0 Å². The number of benzene rings is 1. The summed E-state index contributed by atoms with van der Waals surface area (Å²) in [6.45, 7) is 6.24. The maximum Gasteiger partial charge on any atom is -0.0626 e. The summed E-state index contributed by atoms with van der Waals surface area (Å²) in [5.41, 5.74) is 3.78. The Balaban J connectivity index is 3.17. The van der Waals surface area contributed by atoms with E-state index in [1.54, 1.807) is 0 Å². The van der Waals surface area contributed by atoms with Gasteiger partial charge in [-0.15, -0.1) is 0 Å². The summed E-state index contributed by atoms with van der Waals surface area (Å²) in [4.78, 5) is 0. The molecule has 0 saturated heterocycles. The van der Waals surface area contributed by atoms with E-state index in [1.807, 2.05) is 0 Å². The molecule has 0 heterocycles. The predicted octanol–water partition coefficient (Wildman–Crippen LogP) is 2.41. The first-order valence-corrected chi connectivity index (χ1v) is 3.15. The molecule has 9 heavy (non-hydrogen) atoms. The second-order valence-electron chi connectivity index (χ2n) is 2.52. The van der Waals surface area contributed by atoms with Gasteiger partial charge in [0.25, 0.3) is 0 Å². The van der Waals surface area contributed by atoms with Gasteiger partial charge < -0.3 is 0 Å². The van der Waals surface area contributed by atoms with E-state index >= 15 is 0 Å². The summed E-state index contributed by atoms with van der Waals surface area (Å²) < 4.78 is 0. The van der Waals surface area contributed by atoms with Crippen LogP contribution in [0.4, 0.5) is 0 Å². The molecule has 0 saturated carbocycles. The van der Waals surface area contributed by atoms with Crippen molar-refractivity contribution in [1.82, 2.24) is 0 Å². The van der Waals surface area contributed by atoms with Crippen LogP contribution in [0, 0.1) is 26.8 Å². The Hall–Kier alpha value is -0.780. The van der Waals surface area contributed by atoms with Gasteiger partial charge in [-0.2, -0.15) is 34.9 Å². The van der Waals surface area contributed by atoms with Crippen LogP contribution in [-0.4, -0.2) is 0 Å². The van der Waals surface area contributed by atoms with E-state index in [0.29, 0.717) is 0 Å². The second kappa shape index (κ2) is 2.22. The molecule has 0 N–H and O–H groups in total. The van der Waals surface area contributed by atoms with Gasteiger partial charge in [-0.1, -0.05) is 20.8 Å². The highest BCUT2D eigenvalue weighted by molar-refractivity contribution is 5.25. The Bertz CT molecular complexity index is 161. The van der Waals surface area contributed by atoms with E-state index in [-0.39, 0.29) is 0 Å². The smallest absolute Gasteiger partial charge is 0.0626 e. The zero-order valence-corrected chi connectivity index (χ0v) is 6.15. The largest absolute Gasteiger partial charge is 0.177 e. The molecule has 0 radical (unpaired) electrons. The van der Waals surface area contributed by atoms with Crippen molar-refractivity contribution in [2.75, 3.05) is 0 Å². The van der Waals surface area contributed by atoms with Crippen molar-refractivity contribution in [1.29, 1.82) is 0 Å². The van der Waals surface area contributed by atoms with Crippen LogP contribution in [0.25, 0.3) is 0 Å². The summed E-state index contributed by atoms with van der Waals surface area (Å²) >= 11 is 0. The molecule has 0 fully saturated rings. The topological polar surface area (TPSA) is 0 Å². The monoisotopic (exact) mass is 119 g/mol. The highest BCUT2D eigenvalue weighted by Crippen LogP contribution is 2.05. The van der Waals surface area contributed by atoms with Gasteiger partial charge in [0.15, 0.2) is 0 Å². The lowest BCUT2D eigenvalue weighted by Crippen LogP contribution is -1.79. The summed E-state index contributed by atoms with van der Waals surface area (Å²) in [6, 6.07) is 7.47. The van der Waals surface area contributed by atoms with Gasteiger partial charge in [-0.25, -0.2) is 0 Å². The van der Waals surface area contributed by atoms with Gasteiger partial charge in [-0.3, -0.25) is 0 Å². The number of hydrogen-bond acceptors (Lipinski definition) is 0. The third-order valence-electron chi connectivity index (χ3n) is 1.28. The molecule has 1 aromatic rings. The van der Waals surface area contributed by atoms with Gasteiger partial charge in [0.05, 0.1) is 0 Å². The highest BCUT2D eigenvalue weighted by atomic mass is 13.9. The molecule has 48 valence electrons. The third-order valence-corrected chi connectivity index (χ3v) is 1.28. The summed E-state index contributed by atoms with van der Waals surface area (Å²) in [7, 11) is 0. The van der Waals surface area contributed by atoms with E-state index in [1.165, 1.54) is 16.7 Å². The molecule has 0 heteroatoms. The van der Waals surface area contributed by atoms with Crippen molar-refractivity contribution in [2.24, 2.45) is 0 Å². The average molecular weight is 119 g/mol. The van der Waals surface area contributed by atoms with Crippen molar-refractivity contribution in [3.8, 4) is 0 Å². The summed E-state index contributed by atoms with van der Waals surface area (Å²) in [5.74, 6) is 0. The Labute approximate surface area is 56.5 Å². The molecule has 0 atom stereocenters. The molecule has 0 spiro atoms. The quantitative estimate of drug-likeness (QED) is 0.460. The Morgan fingerprint density at radius 2 is 1.44 bits per heavy atom. The van der Waals surface area contributed by atoms with Gasteiger partial charge in [0.2, 0.25) is 0 Å². The first-order chi connectivity index (χ1) is 4.18. The third kappa shape index (κ3) is 1.56. The fourth-order valence-electron chi connectivity index (χ4n) is 1.11. The minimum Gasteiger partial charge on any atom is -0.177 e. The van der Waals surface area contributed by atoms with Crippen LogP contribution in [0.1, 0.15) is 16.7 Å². The minimum atomic E-state index is 1.23. The van der Waals surface area contributed by atoms with Gasteiger partial charge in [0, 0.05) is 0 Å². The lowest BCUT2D eigenvalue weighted by atomic mass is 10.1. The van der Waals surface area contributed by atoms with E-state index < -0.39 is 0 Å². The molecular weight excluding hydrogens is 108 g/mol. The van der Waals surface area contributed by atoms with E-state index in [4.69, 9.17) is 0 Å². The molecule has 0 nitrogen and oxygen atoms in total. The Morgan fingerprint density at radius 3 is 1.78 bits per heavy atom. The fourth-order valence-corrected chi connectivity index (χ4v) is 1.11. The van der Waals surface area contributed by atoms with E-state index in [9.17, 15) is 0 Å². The number of aryl methyl sites for hydroxylation is 3. The molecule has 0 aliphatic heterocycles. The van der Waals surface area contributed by atoms with Crippen LogP contribution in [-0.2, 0) is 0 Å². The number of hydrogen-bond donors (Lipinski definition) is 0. The van der Waals surface area contributed by atoms with Crippen LogP contribution >= 0.6 is 0 Å². The van der Waals surface area contributed by atoms with Gasteiger partial charge >= 0.3 is 0 Å². The number of rotatable bonds is 0. The van der Waals surface area contributed by atoms with Gasteiger partial charge in [0.1, 0.15) is 0 Å². The Kier molecular flexibility index (Phi) is 1.56. The SMILES string of the molecule is Cc1[c-]c(C)cc(C)c1. The zero-order chi connectivity index (χ0) is 6.85. The molecule has 0 unspecified atom stereocenters. The second-order valence-corrected chi connectivity index (χ2v) is 2.52. The van der Waals surface area contributed by atoms with Crippen molar-refractivity contribution < 1.29 is 0 Å². The molecule has 0 aliphatic rings. The normalized spacial score (nSPS) is 9.67. The first-order valence-electron chi connectivity index (χ1n) is 3.15. The minimum absolute atomic E-state index is 1.23. The van der Waals surface area contributed by atoms with Crippen LogP contribution in [0.15, 0.2) is 12.1 Å². The molecule has 1 aromatic carbocycles. The molecule has 0 aromatic heterocycles. The molecule has 0 bridgehead atoms. The Morgan fingerprint density at radius 1 is 1.00 bits per heavy atom. The lowest BCUT2D eigenvalue weighted by Gasteiger charge is -2.07. The van der Waals surface area contributed by atoms with Crippen LogP contribution < -0.4 is 0 Å². The van der Waals surface area contributed by atoms with Crippen molar-refractivity contribution in [2.45, 2.75) is 20.8 Å².